The topological polar surface area (TPSA) is 17.1 Å². The molecule has 2 saturated carbocycles. The van der Waals surface area contributed by atoms with Gasteiger partial charge in [-0.05, 0) is 18.3 Å². The Bertz CT molecular complexity index is 193. The van der Waals surface area contributed by atoms with Crippen LogP contribution < -0.4 is 0 Å². The van der Waals surface area contributed by atoms with Gasteiger partial charge in [0.25, 0.3) is 0 Å². The maximum Gasteiger partial charge on any atom is 0.142 e. The lowest BCUT2D eigenvalue weighted by atomic mass is 9.78. The predicted octanol–water partition coefficient (Wildman–Crippen LogP) is 1.87. The first kappa shape index (κ1) is 6.38. The minimum Gasteiger partial charge on any atom is -0.299 e. The number of ketones is 1. The van der Waals surface area contributed by atoms with Crippen molar-refractivity contribution < 1.29 is 4.79 Å². The number of hydrogen-bond acceptors (Lipinski definition) is 1. The molecule has 0 aliphatic heterocycles. The largest absolute Gasteiger partial charge is 0.299 e. The van der Waals surface area contributed by atoms with Gasteiger partial charge in [-0.3, -0.25) is 4.79 Å². The van der Waals surface area contributed by atoms with Crippen molar-refractivity contribution in [3.63, 3.8) is 0 Å². The molecule has 0 amide bonds. The minimum absolute atomic E-state index is 0.00637. The van der Waals surface area contributed by atoms with E-state index in [1.807, 2.05) is 0 Å². The molecule has 56 valence electrons. The molecule has 2 rings (SSSR count). The summed E-state index contributed by atoms with van der Waals surface area (Å²) in [5.74, 6) is 2.36. The summed E-state index contributed by atoms with van der Waals surface area (Å²) in [7, 11) is 0. The summed E-state index contributed by atoms with van der Waals surface area (Å²) in [6, 6.07) is 0. The van der Waals surface area contributed by atoms with Crippen LogP contribution in [0, 0.1) is 23.2 Å². The van der Waals surface area contributed by atoms with Crippen molar-refractivity contribution in [3.8, 4) is 0 Å². The number of carbonyl (C=O) groups excluding carboxylic acids is 1. The van der Waals surface area contributed by atoms with Crippen molar-refractivity contribution >= 4 is 5.78 Å². The standard InChI is InChI=1S/C9H14O/c1-5-6-4-7(6)8(10)9(5,2)3/h5-7H,4H2,1-3H3. The van der Waals surface area contributed by atoms with Crippen LogP contribution in [0.2, 0.25) is 0 Å². The van der Waals surface area contributed by atoms with Crippen LogP contribution in [0.15, 0.2) is 0 Å². The van der Waals surface area contributed by atoms with E-state index in [1.54, 1.807) is 0 Å². The van der Waals surface area contributed by atoms with Crippen molar-refractivity contribution in [3.05, 3.63) is 0 Å². The summed E-state index contributed by atoms with van der Waals surface area (Å²) in [4.78, 5) is 11.5. The van der Waals surface area contributed by atoms with Crippen LogP contribution in [0.1, 0.15) is 27.2 Å². The van der Waals surface area contributed by atoms with Crippen LogP contribution in [0.25, 0.3) is 0 Å². The van der Waals surface area contributed by atoms with Gasteiger partial charge in [-0.25, -0.2) is 0 Å². The molecule has 3 unspecified atom stereocenters. The molecule has 2 aliphatic rings. The van der Waals surface area contributed by atoms with Gasteiger partial charge in [0.15, 0.2) is 0 Å². The zero-order valence-corrected chi connectivity index (χ0v) is 6.85. The van der Waals surface area contributed by atoms with Gasteiger partial charge < -0.3 is 0 Å². The van der Waals surface area contributed by atoms with Crippen LogP contribution in [0.5, 0.6) is 0 Å². The fourth-order valence-corrected chi connectivity index (χ4v) is 2.31. The molecule has 10 heavy (non-hydrogen) atoms. The first-order valence-electron chi connectivity index (χ1n) is 4.09. The van der Waals surface area contributed by atoms with E-state index in [0.717, 1.165) is 5.92 Å². The molecule has 0 bridgehead atoms. The molecule has 2 fully saturated rings. The van der Waals surface area contributed by atoms with Gasteiger partial charge in [0, 0.05) is 11.3 Å². The molecular formula is C9H14O. The second-order valence-electron chi connectivity index (χ2n) is 4.38. The van der Waals surface area contributed by atoms with E-state index in [-0.39, 0.29) is 5.41 Å². The highest BCUT2D eigenvalue weighted by atomic mass is 16.1. The van der Waals surface area contributed by atoms with E-state index in [1.165, 1.54) is 6.42 Å². The SMILES string of the molecule is CC1C2CC2C(=O)C1(C)C. The van der Waals surface area contributed by atoms with Crippen LogP contribution >= 0.6 is 0 Å². The van der Waals surface area contributed by atoms with E-state index in [9.17, 15) is 4.79 Å². The van der Waals surface area contributed by atoms with Gasteiger partial charge in [0.2, 0.25) is 0 Å². The van der Waals surface area contributed by atoms with Crippen LogP contribution in [-0.4, -0.2) is 5.78 Å². The maximum atomic E-state index is 11.5. The molecule has 0 N–H and O–H groups in total. The first-order valence-corrected chi connectivity index (χ1v) is 4.09. The predicted molar refractivity (Wildman–Crippen MR) is 39.5 cm³/mol. The summed E-state index contributed by atoms with van der Waals surface area (Å²) >= 11 is 0. The third-order valence-electron chi connectivity index (χ3n) is 3.59. The molecule has 2 aliphatic carbocycles. The van der Waals surface area contributed by atoms with Gasteiger partial charge >= 0.3 is 0 Å². The highest BCUT2D eigenvalue weighted by Gasteiger charge is 2.61. The quantitative estimate of drug-likeness (QED) is 0.499. The lowest BCUT2D eigenvalue weighted by molar-refractivity contribution is -0.127. The van der Waals surface area contributed by atoms with Crippen molar-refractivity contribution in [1.82, 2.24) is 0 Å². The Labute approximate surface area is 61.8 Å². The number of hydrogen-bond donors (Lipinski definition) is 0. The highest BCUT2D eigenvalue weighted by molar-refractivity contribution is 5.92. The molecule has 0 spiro atoms. The van der Waals surface area contributed by atoms with E-state index in [4.69, 9.17) is 0 Å². The lowest BCUT2D eigenvalue weighted by Gasteiger charge is -2.24. The van der Waals surface area contributed by atoms with Crippen LogP contribution in [-0.2, 0) is 4.79 Å². The van der Waals surface area contributed by atoms with E-state index in [2.05, 4.69) is 20.8 Å². The Morgan fingerprint density at radius 1 is 1.50 bits per heavy atom. The summed E-state index contributed by atoms with van der Waals surface area (Å²) in [6.07, 6.45) is 1.18. The second-order valence-corrected chi connectivity index (χ2v) is 4.38. The maximum absolute atomic E-state index is 11.5. The zero-order valence-electron chi connectivity index (χ0n) is 6.85. The third kappa shape index (κ3) is 0.518. The molecule has 0 saturated heterocycles. The summed E-state index contributed by atoms with van der Waals surface area (Å²) in [6.45, 7) is 6.40. The van der Waals surface area contributed by atoms with Crippen LogP contribution in [0.3, 0.4) is 0 Å². The summed E-state index contributed by atoms with van der Waals surface area (Å²) in [5.41, 5.74) is -0.00637. The van der Waals surface area contributed by atoms with Gasteiger partial charge in [0.05, 0.1) is 0 Å². The Hall–Kier alpha value is -0.330. The first-order chi connectivity index (χ1) is 4.55. The Balaban J connectivity index is 2.32. The fourth-order valence-electron chi connectivity index (χ4n) is 2.31. The molecule has 1 nitrogen and oxygen atoms in total. The van der Waals surface area contributed by atoms with Gasteiger partial charge in [-0.15, -0.1) is 0 Å². The van der Waals surface area contributed by atoms with Gasteiger partial charge in [-0.2, -0.15) is 0 Å². The Morgan fingerprint density at radius 2 is 2.10 bits per heavy atom. The van der Waals surface area contributed by atoms with Crippen LogP contribution in [0.4, 0.5) is 0 Å². The average molecular weight is 138 g/mol. The molecular weight excluding hydrogens is 124 g/mol. The Kier molecular flexibility index (Phi) is 0.934. The van der Waals surface area contributed by atoms with E-state index in [0.29, 0.717) is 17.6 Å². The third-order valence-corrected chi connectivity index (χ3v) is 3.59. The second kappa shape index (κ2) is 1.46. The molecule has 0 heterocycles. The monoisotopic (exact) mass is 138 g/mol. The molecule has 0 radical (unpaired) electrons. The van der Waals surface area contributed by atoms with Crippen molar-refractivity contribution in [1.29, 1.82) is 0 Å². The molecule has 0 aromatic heterocycles. The highest BCUT2D eigenvalue weighted by Crippen LogP contribution is 2.60. The number of rotatable bonds is 0. The molecule has 3 atom stereocenters. The Morgan fingerprint density at radius 3 is 2.30 bits per heavy atom. The molecule has 0 aromatic rings. The van der Waals surface area contributed by atoms with Crippen molar-refractivity contribution in [2.24, 2.45) is 23.2 Å². The van der Waals surface area contributed by atoms with E-state index >= 15 is 0 Å². The fraction of sp³-hybridized carbons (Fsp3) is 0.889. The molecule has 0 aromatic carbocycles. The number of Topliss-reactive ketones (excluding diaryl/α,β-unsaturated/α-hetero) is 1. The summed E-state index contributed by atoms with van der Waals surface area (Å²) in [5, 5.41) is 0. The van der Waals surface area contributed by atoms with Crippen molar-refractivity contribution in [2.45, 2.75) is 27.2 Å². The van der Waals surface area contributed by atoms with Gasteiger partial charge in [0.1, 0.15) is 5.78 Å². The normalized spacial score (nSPS) is 49.1. The van der Waals surface area contributed by atoms with Gasteiger partial charge in [-0.1, -0.05) is 20.8 Å². The minimum atomic E-state index is -0.00637. The van der Waals surface area contributed by atoms with E-state index < -0.39 is 0 Å². The average Bonchev–Trinajstić information content (AvgIpc) is 2.58. The zero-order chi connectivity index (χ0) is 7.52. The van der Waals surface area contributed by atoms with Crippen molar-refractivity contribution in [2.75, 3.05) is 0 Å². The number of carbonyl (C=O) groups is 1. The summed E-state index contributed by atoms with van der Waals surface area (Å²) < 4.78 is 0. The molecule has 1 heteroatoms. The number of fused-ring (bicyclic) bond motifs is 1. The smallest absolute Gasteiger partial charge is 0.142 e. The lowest BCUT2D eigenvalue weighted by Crippen LogP contribution is -2.27.